The summed E-state index contributed by atoms with van der Waals surface area (Å²) in [7, 11) is 0. The second-order valence-electron chi connectivity index (χ2n) is 7.12. The second-order valence-corrected chi connectivity index (χ2v) is 7.12. The SMILES string of the molecule is CC1CN(c2nccc(Nc3cc4c(cn3)ncn4C(C)C)n2)CC1O. The van der Waals surface area contributed by atoms with Crippen LogP contribution in [-0.2, 0) is 0 Å². The highest BCUT2D eigenvalue weighted by Crippen LogP contribution is 2.24. The number of anilines is 3. The molecule has 4 rings (SSSR count). The van der Waals surface area contributed by atoms with Crippen molar-refractivity contribution in [2.75, 3.05) is 23.3 Å². The van der Waals surface area contributed by atoms with Gasteiger partial charge in [0.25, 0.3) is 0 Å². The minimum Gasteiger partial charge on any atom is -0.391 e. The predicted molar refractivity (Wildman–Crippen MR) is 101 cm³/mol. The molecule has 0 amide bonds. The van der Waals surface area contributed by atoms with E-state index in [1.165, 1.54) is 0 Å². The van der Waals surface area contributed by atoms with Crippen LogP contribution in [0.4, 0.5) is 17.6 Å². The highest BCUT2D eigenvalue weighted by atomic mass is 16.3. The van der Waals surface area contributed by atoms with Gasteiger partial charge in [0, 0.05) is 37.3 Å². The van der Waals surface area contributed by atoms with Gasteiger partial charge in [0.05, 0.1) is 24.1 Å². The molecule has 2 unspecified atom stereocenters. The number of nitrogens with zero attached hydrogens (tertiary/aromatic N) is 6. The summed E-state index contributed by atoms with van der Waals surface area (Å²) in [5.41, 5.74) is 1.90. The summed E-state index contributed by atoms with van der Waals surface area (Å²) in [6, 6.07) is 4.11. The molecule has 0 aliphatic carbocycles. The van der Waals surface area contributed by atoms with Crippen LogP contribution in [-0.4, -0.2) is 48.8 Å². The number of hydrogen-bond acceptors (Lipinski definition) is 7. The molecule has 1 saturated heterocycles. The van der Waals surface area contributed by atoms with E-state index in [-0.39, 0.29) is 12.0 Å². The van der Waals surface area contributed by atoms with Crippen LogP contribution in [0.15, 0.2) is 30.9 Å². The van der Waals surface area contributed by atoms with E-state index in [0.717, 1.165) is 17.6 Å². The van der Waals surface area contributed by atoms with E-state index in [0.29, 0.717) is 30.2 Å². The minimum absolute atomic E-state index is 0.218. The van der Waals surface area contributed by atoms with Gasteiger partial charge in [-0.3, -0.25) is 0 Å². The van der Waals surface area contributed by atoms with E-state index >= 15 is 0 Å². The average Bonchev–Trinajstić information content (AvgIpc) is 3.18. The fourth-order valence-electron chi connectivity index (χ4n) is 3.22. The monoisotopic (exact) mass is 353 g/mol. The number of pyridine rings is 1. The molecule has 3 aromatic heterocycles. The van der Waals surface area contributed by atoms with Crippen molar-refractivity contribution in [3.8, 4) is 0 Å². The number of β-amino-alcohol motifs (C(OH)–C–C–N with tert-alkyl or cyclic N) is 1. The maximum absolute atomic E-state index is 9.95. The molecule has 0 saturated carbocycles. The fraction of sp³-hybridized carbons (Fsp3) is 0.444. The summed E-state index contributed by atoms with van der Waals surface area (Å²) in [6.07, 6.45) is 4.98. The third-order valence-electron chi connectivity index (χ3n) is 4.77. The Morgan fingerprint density at radius 3 is 2.77 bits per heavy atom. The van der Waals surface area contributed by atoms with Gasteiger partial charge in [-0.2, -0.15) is 4.98 Å². The van der Waals surface area contributed by atoms with Gasteiger partial charge in [-0.05, 0) is 19.9 Å². The van der Waals surface area contributed by atoms with E-state index in [2.05, 4.69) is 43.7 Å². The molecule has 8 heteroatoms. The zero-order valence-electron chi connectivity index (χ0n) is 15.2. The lowest BCUT2D eigenvalue weighted by molar-refractivity contribution is 0.157. The zero-order chi connectivity index (χ0) is 18.3. The molecule has 4 heterocycles. The summed E-state index contributed by atoms with van der Waals surface area (Å²) in [4.78, 5) is 19.7. The van der Waals surface area contributed by atoms with Crippen LogP contribution < -0.4 is 10.2 Å². The van der Waals surface area contributed by atoms with Crippen LogP contribution in [0.3, 0.4) is 0 Å². The lowest BCUT2D eigenvalue weighted by Gasteiger charge is -2.16. The van der Waals surface area contributed by atoms with Crippen molar-refractivity contribution in [1.29, 1.82) is 0 Å². The Hall–Kier alpha value is -2.74. The lowest BCUT2D eigenvalue weighted by Crippen LogP contribution is -2.23. The number of aromatic nitrogens is 5. The first-order chi connectivity index (χ1) is 12.5. The van der Waals surface area contributed by atoms with E-state index in [1.54, 1.807) is 12.4 Å². The molecule has 1 aliphatic rings. The van der Waals surface area contributed by atoms with Gasteiger partial charge in [-0.15, -0.1) is 0 Å². The van der Waals surface area contributed by atoms with Gasteiger partial charge in [0.1, 0.15) is 17.2 Å². The molecular formula is C18H23N7O. The third kappa shape index (κ3) is 3.08. The van der Waals surface area contributed by atoms with Gasteiger partial charge in [0.2, 0.25) is 5.95 Å². The molecule has 2 N–H and O–H groups in total. The molecule has 2 atom stereocenters. The van der Waals surface area contributed by atoms with Crippen molar-refractivity contribution in [2.24, 2.45) is 5.92 Å². The number of imidazole rings is 1. The molecule has 0 spiro atoms. The molecule has 136 valence electrons. The highest BCUT2D eigenvalue weighted by molar-refractivity contribution is 5.78. The fourth-order valence-corrected chi connectivity index (χ4v) is 3.22. The molecule has 8 nitrogen and oxygen atoms in total. The molecule has 1 aliphatic heterocycles. The highest BCUT2D eigenvalue weighted by Gasteiger charge is 2.29. The molecule has 0 bridgehead atoms. The molecule has 26 heavy (non-hydrogen) atoms. The standard InChI is InChI=1S/C18H23N7O/c1-11(2)25-10-21-13-7-20-17(6-14(13)25)22-16-4-5-19-18(23-16)24-8-12(3)15(26)9-24/h4-7,10-12,15,26H,8-9H2,1-3H3,(H,19,20,22,23). The number of nitrogens with one attached hydrogen (secondary N) is 1. The molecule has 0 aromatic carbocycles. The summed E-state index contributed by atoms with van der Waals surface area (Å²) in [5, 5.41) is 13.2. The third-order valence-corrected chi connectivity index (χ3v) is 4.77. The van der Waals surface area contributed by atoms with Crippen LogP contribution in [0, 0.1) is 5.92 Å². The predicted octanol–water partition coefficient (Wildman–Crippen LogP) is 2.36. The van der Waals surface area contributed by atoms with E-state index in [1.807, 2.05) is 30.3 Å². The number of aliphatic hydroxyl groups excluding tert-OH is 1. The van der Waals surface area contributed by atoms with Gasteiger partial charge >= 0.3 is 0 Å². The maximum Gasteiger partial charge on any atom is 0.227 e. The molecule has 0 radical (unpaired) electrons. The second kappa shape index (κ2) is 6.53. The van der Waals surface area contributed by atoms with E-state index in [9.17, 15) is 5.11 Å². The van der Waals surface area contributed by atoms with Gasteiger partial charge in [0.15, 0.2) is 0 Å². The van der Waals surface area contributed by atoms with Crippen LogP contribution in [0.5, 0.6) is 0 Å². The number of fused-ring (bicyclic) bond motifs is 1. The molecule has 3 aromatic rings. The van der Waals surface area contributed by atoms with Crippen LogP contribution in [0.1, 0.15) is 26.8 Å². The summed E-state index contributed by atoms with van der Waals surface area (Å²) >= 11 is 0. The van der Waals surface area contributed by atoms with Gasteiger partial charge in [-0.1, -0.05) is 6.92 Å². The summed E-state index contributed by atoms with van der Waals surface area (Å²) < 4.78 is 2.11. The smallest absolute Gasteiger partial charge is 0.227 e. The number of rotatable bonds is 4. The normalized spacial score (nSPS) is 20.3. The Morgan fingerprint density at radius 2 is 2.04 bits per heavy atom. The molecular weight excluding hydrogens is 330 g/mol. The van der Waals surface area contributed by atoms with Crippen LogP contribution in [0.2, 0.25) is 0 Å². The van der Waals surface area contributed by atoms with Gasteiger partial charge < -0.3 is 19.9 Å². The van der Waals surface area contributed by atoms with E-state index < -0.39 is 0 Å². The largest absolute Gasteiger partial charge is 0.391 e. The average molecular weight is 353 g/mol. The minimum atomic E-state index is -0.337. The maximum atomic E-state index is 9.95. The Kier molecular flexibility index (Phi) is 4.20. The van der Waals surface area contributed by atoms with Crippen LogP contribution >= 0.6 is 0 Å². The van der Waals surface area contributed by atoms with Crippen molar-refractivity contribution < 1.29 is 5.11 Å². The first kappa shape index (κ1) is 16.7. The summed E-state index contributed by atoms with van der Waals surface area (Å²) in [6.45, 7) is 7.59. The quantitative estimate of drug-likeness (QED) is 0.744. The first-order valence-electron chi connectivity index (χ1n) is 8.87. The van der Waals surface area contributed by atoms with Gasteiger partial charge in [-0.25, -0.2) is 15.0 Å². The lowest BCUT2D eigenvalue weighted by atomic mass is 10.1. The van der Waals surface area contributed by atoms with Crippen molar-refractivity contribution in [1.82, 2.24) is 24.5 Å². The first-order valence-corrected chi connectivity index (χ1v) is 8.87. The van der Waals surface area contributed by atoms with Crippen molar-refractivity contribution >= 4 is 28.6 Å². The zero-order valence-corrected chi connectivity index (χ0v) is 15.2. The topological polar surface area (TPSA) is 92.0 Å². The number of aliphatic hydroxyl groups is 1. The Bertz CT molecular complexity index is 913. The van der Waals surface area contributed by atoms with Crippen molar-refractivity contribution in [3.63, 3.8) is 0 Å². The Labute approximate surface area is 151 Å². The summed E-state index contributed by atoms with van der Waals surface area (Å²) in [5.74, 6) is 2.22. The molecule has 1 fully saturated rings. The van der Waals surface area contributed by atoms with E-state index in [4.69, 9.17) is 0 Å². The van der Waals surface area contributed by atoms with Crippen LogP contribution in [0.25, 0.3) is 11.0 Å². The Morgan fingerprint density at radius 1 is 1.19 bits per heavy atom. The van der Waals surface area contributed by atoms with Crippen molar-refractivity contribution in [3.05, 3.63) is 30.9 Å². The number of hydrogen-bond donors (Lipinski definition) is 2. The Balaban J connectivity index is 1.58. The van der Waals surface area contributed by atoms with Crippen molar-refractivity contribution in [2.45, 2.75) is 32.9 Å².